The van der Waals surface area contributed by atoms with Gasteiger partial charge in [-0.2, -0.15) is 0 Å². The van der Waals surface area contributed by atoms with Gasteiger partial charge in [-0.1, -0.05) is 62.3 Å². The molecule has 0 aliphatic rings. The molecular formula is C21H38N2OS2. The molecule has 2 aromatic rings. The second kappa shape index (κ2) is 13.2. The Morgan fingerprint density at radius 3 is 1.73 bits per heavy atom. The van der Waals surface area contributed by atoms with Crippen LogP contribution in [0.1, 0.15) is 106 Å². The summed E-state index contributed by atoms with van der Waals surface area (Å²) in [7, 11) is 0. The predicted molar refractivity (Wildman–Crippen MR) is 119 cm³/mol. The van der Waals surface area contributed by atoms with Crippen molar-refractivity contribution >= 4 is 28.5 Å². The van der Waals surface area contributed by atoms with Gasteiger partial charge in [-0.25, -0.2) is 9.97 Å². The summed E-state index contributed by atoms with van der Waals surface area (Å²) in [5.74, 6) is 0.675. The summed E-state index contributed by atoms with van der Waals surface area (Å²) >= 11 is 3.24. The van der Waals surface area contributed by atoms with Crippen LogP contribution in [0.25, 0.3) is 0 Å². The van der Waals surface area contributed by atoms with E-state index in [1.807, 2.05) is 41.5 Å². The van der Waals surface area contributed by atoms with E-state index in [2.05, 4.69) is 50.0 Å². The van der Waals surface area contributed by atoms with Crippen molar-refractivity contribution in [3.05, 3.63) is 31.7 Å². The van der Waals surface area contributed by atoms with Crippen molar-refractivity contribution in [1.82, 2.24) is 9.97 Å². The van der Waals surface area contributed by atoms with Crippen molar-refractivity contribution in [2.75, 3.05) is 0 Å². The summed E-state index contributed by atoms with van der Waals surface area (Å²) in [5, 5.41) is 4.39. The first kappa shape index (κ1) is 27.2. The smallest absolute Gasteiger partial charge is 0.171 e. The molecule has 0 atom stereocenters. The van der Waals surface area contributed by atoms with Gasteiger partial charge in [0, 0.05) is 23.6 Å². The first-order valence-electron chi connectivity index (χ1n) is 9.43. The Bertz CT molecular complexity index is 635. The molecule has 0 bridgehead atoms. The van der Waals surface area contributed by atoms with E-state index >= 15 is 0 Å². The molecular weight excluding hydrogens is 360 g/mol. The van der Waals surface area contributed by atoms with Crippen LogP contribution in [-0.2, 0) is 5.41 Å². The number of hydrogen-bond donors (Lipinski definition) is 0. The van der Waals surface area contributed by atoms with Gasteiger partial charge in [-0.15, -0.1) is 22.7 Å². The minimum Gasteiger partial charge on any atom is -0.294 e. The van der Waals surface area contributed by atoms with Crippen molar-refractivity contribution in [2.24, 2.45) is 0 Å². The summed E-state index contributed by atoms with van der Waals surface area (Å²) in [6.45, 7) is 24.3. The van der Waals surface area contributed by atoms with Gasteiger partial charge >= 0.3 is 0 Å². The number of thiazole rings is 2. The van der Waals surface area contributed by atoms with Crippen molar-refractivity contribution in [3.63, 3.8) is 0 Å². The van der Waals surface area contributed by atoms with E-state index in [9.17, 15) is 4.79 Å². The van der Waals surface area contributed by atoms with Crippen LogP contribution in [0.5, 0.6) is 0 Å². The van der Waals surface area contributed by atoms with E-state index in [4.69, 9.17) is 0 Å². The highest BCUT2D eigenvalue weighted by Gasteiger charge is 2.17. The number of aromatic nitrogens is 2. The van der Waals surface area contributed by atoms with E-state index < -0.39 is 0 Å². The van der Waals surface area contributed by atoms with Gasteiger partial charge in [-0.3, -0.25) is 4.79 Å². The third-order valence-electron chi connectivity index (χ3n) is 3.01. The molecule has 0 N–H and O–H groups in total. The summed E-state index contributed by atoms with van der Waals surface area (Å²) < 4.78 is 0. The van der Waals surface area contributed by atoms with Crippen LogP contribution in [0.4, 0.5) is 0 Å². The molecule has 26 heavy (non-hydrogen) atoms. The van der Waals surface area contributed by atoms with Gasteiger partial charge in [0.2, 0.25) is 0 Å². The highest BCUT2D eigenvalue weighted by molar-refractivity contribution is 7.13. The van der Waals surface area contributed by atoms with E-state index in [-0.39, 0.29) is 11.2 Å². The Morgan fingerprint density at radius 1 is 1.04 bits per heavy atom. The SMILES string of the molecule is CC.CC.CC(=O)c1sc(C)nc1C.CC(C)c1nc(C(C)(C)C)cs1. The van der Waals surface area contributed by atoms with Crippen LogP contribution in [0.15, 0.2) is 5.38 Å². The lowest BCUT2D eigenvalue weighted by molar-refractivity contribution is 0.102. The molecule has 0 aliphatic carbocycles. The zero-order valence-corrected chi connectivity index (χ0v) is 20.4. The van der Waals surface area contributed by atoms with Crippen LogP contribution in [0, 0.1) is 13.8 Å². The predicted octanol–water partition coefficient (Wildman–Crippen LogP) is 7.58. The van der Waals surface area contributed by atoms with Crippen molar-refractivity contribution in [3.8, 4) is 0 Å². The zero-order chi connectivity index (χ0) is 21.1. The zero-order valence-electron chi connectivity index (χ0n) is 18.8. The van der Waals surface area contributed by atoms with Crippen LogP contribution in [0.2, 0.25) is 0 Å². The van der Waals surface area contributed by atoms with E-state index in [0.29, 0.717) is 5.92 Å². The Labute approximate surface area is 169 Å². The number of hydrogen-bond acceptors (Lipinski definition) is 5. The first-order chi connectivity index (χ1) is 12.0. The standard InChI is InChI=1S/C10H17NS.C7H9NOS.2C2H6/c1-7(2)9-11-8(6-12-9)10(3,4)5;1-4-7(5(2)9)10-6(3)8-4;2*1-2/h6-7H,1-5H3;1-3H3;2*1-2H3. The highest BCUT2D eigenvalue weighted by atomic mass is 32.1. The monoisotopic (exact) mass is 398 g/mol. The second-order valence-corrected chi connectivity index (χ2v) is 8.77. The van der Waals surface area contributed by atoms with Crippen LogP contribution in [0.3, 0.4) is 0 Å². The molecule has 2 heterocycles. The number of Topliss-reactive ketones (excluding diaryl/α,β-unsaturated/α-hetero) is 1. The van der Waals surface area contributed by atoms with Gasteiger partial charge in [0.25, 0.3) is 0 Å². The maximum atomic E-state index is 10.8. The van der Waals surface area contributed by atoms with Crippen molar-refractivity contribution in [2.45, 2.75) is 94.4 Å². The first-order valence-corrected chi connectivity index (χ1v) is 11.1. The number of carbonyl (C=O) groups excluding carboxylic acids is 1. The lowest BCUT2D eigenvalue weighted by Gasteiger charge is -2.14. The Kier molecular flexibility index (Phi) is 13.7. The number of nitrogens with zero attached hydrogens (tertiary/aromatic N) is 2. The molecule has 0 unspecified atom stereocenters. The molecule has 0 saturated heterocycles. The molecule has 0 aromatic carbocycles. The molecule has 0 spiro atoms. The highest BCUT2D eigenvalue weighted by Crippen LogP contribution is 2.27. The van der Waals surface area contributed by atoms with Crippen molar-refractivity contribution < 1.29 is 4.79 Å². The molecule has 5 heteroatoms. The normalized spacial score (nSPS) is 10.0. The lowest BCUT2D eigenvalue weighted by Crippen LogP contribution is -2.11. The number of rotatable bonds is 2. The molecule has 0 saturated carbocycles. The number of aryl methyl sites for hydroxylation is 2. The third kappa shape index (κ3) is 9.58. The summed E-state index contributed by atoms with van der Waals surface area (Å²) in [6.07, 6.45) is 0. The van der Waals surface area contributed by atoms with Crippen molar-refractivity contribution in [1.29, 1.82) is 0 Å². The summed E-state index contributed by atoms with van der Waals surface area (Å²) in [5.41, 5.74) is 2.27. The number of ketones is 1. The van der Waals surface area contributed by atoms with Crippen LogP contribution in [-0.4, -0.2) is 15.8 Å². The molecule has 0 aliphatic heterocycles. The minimum absolute atomic E-state index is 0.114. The lowest BCUT2D eigenvalue weighted by atomic mass is 9.93. The van der Waals surface area contributed by atoms with Crippen LogP contribution >= 0.6 is 22.7 Å². The molecule has 0 fully saturated rings. The second-order valence-electron chi connectivity index (χ2n) is 6.68. The fourth-order valence-corrected chi connectivity index (χ4v) is 3.63. The molecule has 0 amide bonds. The topological polar surface area (TPSA) is 42.9 Å². The number of carbonyl (C=O) groups is 1. The average Bonchev–Trinajstić information content (AvgIpc) is 3.18. The fraction of sp³-hybridized carbons (Fsp3) is 0.667. The molecule has 2 aromatic heterocycles. The molecule has 150 valence electrons. The van der Waals surface area contributed by atoms with Gasteiger partial charge < -0.3 is 0 Å². The van der Waals surface area contributed by atoms with E-state index in [1.54, 1.807) is 18.3 Å². The Hall–Kier alpha value is -1.07. The summed E-state index contributed by atoms with van der Waals surface area (Å²) in [6, 6.07) is 0. The van der Waals surface area contributed by atoms with E-state index in [1.165, 1.54) is 22.0 Å². The maximum absolute atomic E-state index is 10.8. The quantitative estimate of drug-likeness (QED) is 0.490. The van der Waals surface area contributed by atoms with Gasteiger partial charge in [0.05, 0.1) is 26.3 Å². The van der Waals surface area contributed by atoms with Gasteiger partial charge in [0.15, 0.2) is 5.78 Å². The Morgan fingerprint density at radius 2 is 1.54 bits per heavy atom. The summed E-state index contributed by atoms with van der Waals surface area (Å²) in [4.78, 5) is 20.4. The Balaban J connectivity index is 0. The van der Waals surface area contributed by atoms with E-state index in [0.717, 1.165) is 15.6 Å². The third-order valence-corrected chi connectivity index (χ3v) is 5.33. The molecule has 3 nitrogen and oxygen atoms in total. The molecule has 0 radical (unpaired) electrons. The largest absolute Gasteiger partial charge is 0.294 e. The molecule has 2 rings (SSSR count). The maximum Gasteiger partial charge on any atom is 0.171 e. The average molecular weight is 399 g/mol. The fourth-order valence-electron chi connectivity index (χ4n) is 1.76. The minimum atomic E-state index is 0.114. The van der Waals surface area contributed by atoms with Crippen LogP contribution < -0.4 is 0 Å². The van der Waals surface area contributed by atoms with Gasteiger partial charge in [0.1, 0.15) is 0 Å². The van der Waals surface area contributed by atoms with Gasteiger partial charge in [-0.05, 0) is 13.8 Å².